The molecule has 0 spiro atoms. The van der Waals surface area contributed by atoms with E-state index in [0.29, 0.717) is 31.6 Å². The topological polar surface area (TPSA) is 85.3 Å². The Kier molecular flexibility index (Phi) is 13.2. The first-order chi connectivity index (χ1) is 18.1. The van der Waals surface area contributed by atoms with Crippen molar-refractivity contribution in [2.45, 2.75) is 57.7 Å². The van der Waals surface area contributed by atoms with Gasteiger partial charge in [-0.3, -0.25) is 0 Å². The third kappa shape index (κ3) is 12.0. The van der Waals surface area contributed by atoms with Crippen LogP contribution in [0.25, 0.3) is 0 Å². The molecule has 7 nitrogen and oxygen atoms in total. The van der Waals surface area contributed by atoms with Crippen LogP contribution in [-0.4, -0.2) is 60.7 Å². The zero-order valence-electron chi connectivity index (χ0n) is 21.2. The number of nitrogens with zero attached hydrogens (tertiary/aromatic N) is 1. The second-order valence-corrected chi connectivity index (χ2v) is 8.95. The maximum atomic E-state index is 12.8. The van der Waals surface area contributed by atoms with Crippen molar-refractivity contribution in [3.8, 4) is 11.5 Å². The summed E-state index contributed by atoms with van der Waals surface area (Å²) in [7, 11) is 0. The van der Waals surface area contributed by atoms with Crippen molar-refractivity contribution in [2.24, 2.45) is 0 Å². The van der Waals surface area contributed by atoms with E-state index < -0.39 is 30.8 Å². The second kappa shape index (κ2) is 16.1. The van der Waals surface area contributed by atoms with Gasteiger partial charge in [-0.15, -0.1) is 0 Å². The molecule has 0 heterocycles. The number of hydrogen-bond donors (Lipinski definition) is 1. The molecule has 2 aromatic rings. The molecule has 0 aliphatic carbocycles. The number of para-hydroxylation sites is 1. The Morgan fingerprint density at radius 1 is 1.00 bits per heavy atom. The molecule has 38 heavy (non-hydrogen) atoms. The number of alkyl halides is 3. The summed E-state index contributed by atoms with van der Waals surface area (Å²) < 4.78 is 53.4. The zero-order valence-corrected chi connectivity index (χ0v) is 22.0. The lowest BCUT2D eigenvalue weighted by Gasteiger charge is -2.22. The molecular weight excluding hydrogens is 527 g/mol. The van der Waals surface area contributed by atoms with Gasteiger partial charge in [0.05, 0.1) is 11.6 Å². The Morgan fingerprint density at radius 2 is 1.68 bits per heavy atom. The van der Waals surface area contributed by atoms with E-state index in [4.69, 9.17) is 25.8 Å². The summed E-state index contributed by atoms with van der Waals surface area (Å²) in [5.74, 6) is -0.294. The monoisotopic (exact) mass is 559 g/mol. The van der Waals surface area contributed by atoms with Crippen molar-refractivity contribution < 1.29 is 42.1 Å². The summed E-state index contributed by atoms with van der Waals surface area (Å²) in [5.41, 5.74) is 0.772. The fraction of sp³-hybridized carbons (Fsp3) is 0.481. The number of rotatable bonds is 16. The van der Waals surface area contributed by atoms with E-state index in [2.05, 4.69) is 0 Å². The second-order valence-electron chi connectivity index (χ2n) is 8.54. The van der Waals surface area contributed by atoms with E-state index in [1.54, 1.807) is 55.5 Å². The molecule has 1 unspecified atom stereocenters. The molecule has 0 bridgehead atoms. The highest BCUT2D eigenvalue weighted by Crippen LogP contribution is 2.25. The summed E-state index contributed by atoms with van der Waals surface area (Å²) >= 11 is 6.08. The number of carboxylic acid groups (broad SMARTS) is 1. The van der Waals surface area contributed by atoms with Crippen molar-refractivity contribution in [1.29, 1.82) is 0 Å². The fourth-order valence-electron chi connectivity index (χ4n) is 3.59. The molecule has 0 saturated carbocycles. The molecule has 2 aromatic carbocycles. The van der Waals surface area contributed by atoms with Gasteiger partial charge in [-0.25, -0.2) is 9.59 Å². The van der Waals surface area contributed by atoms with Gasteiger partial charge in [0, 0.05) is 26.0 Å². The molecule has 2 rings (SSSR count). The van der Waals surface area contributed by atoms with Crippen LogP contribution in [0.5, 0.6) is 11.5 Å². The van der Waals surface area contributed by atoms with E-state index in [1.807, 2.05) is 0 Å². The molecule has 0 radical (unpaired) electrons. The number of carbonyl (C=O) groups is 2. The lowest BCUT2D eigenvalue weighted by Crippen LogP contribution is -2.37. The number of halogens is 4. The van der Waals surface area contributed by atoms with Crippen LogP contribution in [0, 0.1) is 0 Å². The van der Waals surface area contributed by atoms with E-state index in [1.165, 1.54) is 4.90 Å². The fourth-order valence-corrected chi connectivity index (χ4v) is 3.76. The average Bonchev–Trinajstić information content (AvgIpc) is 2.86. The van der Waals surface area contributed by atoms with Crippen LogP contribution < -0.4 is 9.47 Å². The van der Waals surface area contributed by atoms with Gasteiger partial charge in [0.25, 0.3) is 0 Å². The number of ether oxygens (including phenoxy) is 3. The van der Waals surface area contributed by atoms with Gasteiger partial charge in [0.1, 0.15) is 12.4 Å². The number of hydrogen-bond acceptors (Lipinski definition) is 5. The Balaban J connectivity index is 1.90. The highest BCUT2D eigenvalue weighted by atomic mass is 35.5. The van der Waals surface area contributed by atoms with Crippen LogP contribution in [0.1, 0.15) is 44.6 Å². The molecule has 1 atom stereocenters. The largest absolute Gasteiger partial charge is 0.492 e. The standard InChI is InChI=1S/C27H33ClF3NO6/c1-2-36-24(25(33)34)19-20-11-13-21(14-12-20)37-18-17-32(16-8-4-3-7-15-27(29,30)31)26(35)38-23-10-6-5-9-22(23)28/h5-6,9-14,24H,2-4,7-8,15-19H2,1H3,(H,33,34). The first-order valence-corrected chi connectivity index (χ1v) is 12.8. The molecule has 1 N–H and O–H groups in total. The number of amides is 1. The van der Waals surface area contributed by atoms with Gasteiger partial charge in [-0.2, -0.15) is 13.2 Å². The molecular formula is C27H33ClF3NO6. The number of aliphatic carboxylic acids is 1. The van der Waals surface area contributed by atoms with E-state index >= 15 is 0 Å². The van der Waals surface area contributed by atoms with Crippen LogP contribution >= 0.6 is 11.6 Å². The molecule has 11 heteroatoms. The van der Waals surface area contributed by atoms with Crippen LogP contribution in [0.3, 0.4) is 0 Å². The lowest BCUT2D eigenvalue weighted by atomic mass is 10.1. The Labute approximate surface area is 225 Å². The predicted molar refractivity (Wildman–Crippen MR) is 137 cm³/mol. The predicted octanol–water partition coefficient (Wildman–Crippen LogP) is 6.76. The van der Waals surface area contributed by atoms with Gasteiger partial charge >= 0.3 is 18.2 Å². The summed E-state index contributed by atoms with van der Waals surface area (Å²) in [4.78, 5) is 25.5. The van der Waals surface area contributed by atoms with Crippen molar-refractivity contribution in [2.75, 3.05) is 26.3 Å². The number of benzene rings is 2. The minimum absolute atomic E-state index is 0.0461. The van der Waals surface area contributed by atoms with Gasteiger partial charge in [0.2, 0.25) is 0 Å². The smallest absolute Gasteiger partial charge is 0.415 e. The Hall–Kier alpha value is -2.98. The molecule has 0 aliphatic rings. The van der Waals surface area contributed by atoms with Gasteiger partial charge in [-0.1, -0.05) is 48.7 Å². The van der Waals surface area contributed by atoms with Crippen LogP contribution in [0.15, 0.2) is 48.5 Å². The lowest BCUT2D eigenvalue weighted by molar-refractivity contribution is -0.150. The maximum Gasteiger partial charge on any atom is 0.415 e. The third-order valence-electron chi connectivity index (χ3n) is 5.55. The Bertz CT molecular complexity index is 1000. The van der Waals surface area contributed by atoms with Crippen molar-refractivity contribution in [3.63, 3.8) is 0 Å². The third-order valence-corrected chi connectivity index (χ3v) is 5.86. The summed E-state index contributed by atoms with van der Waals surface area (Å²) in [5, 5.41) is 9.51. The minimum atomic E-state index is -4.17. The van der Waals surface area contributed by atoms with Gasteiger partial charge in [0.15, 0.2) is 11.9 Å². The summed E-state index contributed by atoms with van der Waals surface area (Å²) in [6, 6.07) is 13.4. The summed E-state index contributed by atoms with van der Waals surface area (Å²) in [6.07, 6.45) is -4.84. The molecule has 210 valence electrons. The minimum Gasteiger partial charge on any atom is -0.492 e. The van der Waals surface area contributed by atoms with Crippen molar-refractivity contribution in [3.05, 3.63) is 59.1 Å². The number of unbranched alkanes of at least 4 members (excludes halogenated alkanes) is 3. The highest BCUT2D eigenvalue weighted by molar-refractivity contribution is 6.32. The Morgan fingerprint density at radius 3 is 2.32 bits per heavy atom. The van der Waals surface area contributed by atoms with E-state index in [-0.39, 0.29) is 43.3 Å². The first-order valence-electron chi connectivity index (χ1n) is 12.4. The zero-order chi connectivity index (χ0) is 28.0. The van der Waals surface area contributed by atoms with Crippen molar-refractivity contribution >= 4 is 23.7 Å². The quantitative estimate of drug-likeness (QED) is 0.229. The van der Waals surface area contributed by atoms with Crippen LogP contribution in [0.4, 0.5) is 18.0 Å². The number of carbonyl (C=O) groups excluding carboxylic acids is 1. The molecule has 0 saturated heterocycles. The SMILES string of the molecule is CCOC(Cc1ccc(OCCN(CCCCCCC(F)(F)F)C(=O)Oc2ccccc2Cl)cc1)C(=O)O. The van der Waals surface area contributed by atoms with Crippen LogP contribution in [0.2, 0.25) is 5.02 Å². The van der Waals surface area contributed by atoms with Crippen molar-refractivity contribution in [1.82, 2.24) is 4.90 Å². The van der Waals surface area contributed by atoms with Crippen LogP contribution in [-0.2, 0) is 16.0 Å². The molecule has 0 aliphatic heterocycles. The molecule has 0 aromatic heterocycles. The molecule has 1 amide bonds. The van der Waals surface area contributed by atoms with E-state index in [0.717, 1.165) is 5.56 Å². The highest BCUT2D eigenvalue weighted by Gasteiger charge is 2.26. The van der Waals surface area contributed by atoms with Gasteiger partial charge < -0.3 is 24.2 Å². The average molecular weight is 560 g/mol. The first kappa shape index (κ1) is 31.2. The normalized spacial score (nSPS) is 12.1. The molecule has 0 fully saturated rings. The number of carboxylic acids is 1. The maximum absolute atomic E-state index is 12.8. The summed E-state index contributed by atoms with van der Waals surface area (Å²) in [6.45, 7) is 2.63. The van der Waals surface area contributed by atoms with E-state index in [9.17, 15) is 27.9 Å². The van der Waals surface area contributed by atoms with Gasteiger partial charge in [-0.05, 0) is 49.6 Å².